The van der Waals surface area contributed by atoms with Crippen LogP contribution in [0, 0.1) is 6.92 Å². The Balaban J connectivity index is 1.42. The maximum Gasteiger partial charge on any atom is 0.239 e. The molecule has 9 heteroatoms. The number of hydrogen-bond acceptors (Lipinski definition) is 6. The fourth-order valence-electron chi connectivity index (χ4n) is 2.64. The first kappa shape index (κ1) is 20.6. The summed E-state index contributed by atoms with van der Waals surface area (Å²) < 4.78 is 10.6. The van der Waals surface area contributed by atoms with E-state index in [0.29, 0.717) is 28.1 Å². The number of furan rings is 1. The number of amides is 2. The fourth-order valence-corrected chi connectivity index (χ4v) is 2.76. The van der Waals surface area contributed by atoms with Gasteiger partial charge < -0.3 is 19.6 Å². The molecule has 1 aromatic carbocycles. The number of nitrogens with one attached hydrogen (secondary N) is 2. The van der Waals surface area contributed by atoms with Gasteiger partial charge >= 0.3 is 0 Å². The monoisotopic (exact) mass is 416 g/mol. The highest BCUT2D eigenvalue weighted by molar-refractivity contribution is 6.30. The molecule has 2 heterocycles. The van der Waals surface area contributed by atoms with Crippen molar-refractivity contribution in [2.24, 2.45) is 0 Å². The van der Waals surface area contributed by atoms with E-state index in [1.165, 1.54) is 0 Å². The van der Waals surface area contributed by atoms with Crippen molar-refractivity contribution < 1.29 is 18.5 Å². The molecule has 0 aliphatic rings. The zero-order valence-electron chi connectivity index (χ0n) is 16.1. The molecule has 0 saturated heterocycles. The lowest BCUT2D eigenvalue weighted by Gasteiger charge is -2.15. The molecule has 29 heavy (non-hydrogen) atoms. The second-order valence-electron chi connectivity index (χ2n) is 6.59. The van der Waals surface area contributed by atoms with Crippen LogP contribution in [0.3, 0.4) is 0 Å². The first-order valence-electron chi connectivity index (χ1n) is 8.92. The van der Waals surface area contributed by atoms with Gasteiger partial charge in [-0.2, -0.15) is 0 Å². The minimum Gasteiger partial charge on any atom is -0.459 e. The van der Waals surface area contributed by atoms with E-state index in [0.717, 1.165) is 5.56 Å². The lowest BCUT2D eigenvalue weighted by Crippen LogP contribution is -2.38. The molecule has 2 aromatic heterocycles. The predicted octanol–water partition coefficient (Wildman–Crippen LogP) is 3.08. The Bertz CT molecular complexity index is 981. The fraction of sp³-hybridized carbons (Fsp3) is 0.250. The molecule has 0 saturated carbocycles. The molecule has 152 valence electrons. The number of benzene rings is 1. The van der Waals surface area contributed by atoms with Gasteiger partial charge in [0.25, 0.3) is 0 Å². The van der Waals surface area contributed by atoms with Crippen molar-refractivity contribution in [3.05, 3.63) is 59.0 Å². The number of carbonyl (C=O) groups is 2. The summed E-state index contributed by atoms with van der Waals surface area (Å²) in [6.07, 6.45) is 0. The molecule has 0 bridgehead atoms. The summed E-state index contributed by atoms with van der Waals surface area (Å²) in [7, 11) is 1.68. The minimum absolute atomic E-state index is 0.0425. The number of anilines is 1. The maximum absolute atomic E-state index is 12.1. The first-order valence-corrected chi connectivity index (χ1v) is 9.30. The second kappa shape index (κ2) is 9.40. The van der Waals surface area contributed by atoms with Crippen LogP contribution in [0.1, 0.15) is 11.5 Å². The van der Waals surface area contributed by atoms with Crippen LogP contribution in [-0.2, 0) is 16.1 Å². The zero-order chi connectivity index (χ0) is 20.8. The topological polar surface area (TPSA) is 101 Å². The smallest absolute Gasteiger partial charge is 0.239 e. The number of halogens is 1. The molecule has 3 rings (SSSR count). The number of rotatable bonds is 8. The van der Waals surface area contributed by atoms with E-state index in [4.69, 9.17) is 20.5 Å². The molecule has 0 spiro atoms. The Morgan fingerprint density at radius 1 is 1.10 bits per heavy atom. The van der Waals surface area contributed by atoms with Crippen molar-refractivity contribution in [3.63, 3.8) is 0 Å². The van der Waals surface area contributed by atoms with Crippen LogP contribution in [0.5, 0.6) is 0 Å². The lowest BCUT2D eigenvalue weighted by molar-refractivity contribution is -0.123. The number of nitrogens with zero attached hydrogens (tertiary/aromatic N) is 2. The predicted molar refractivity (Wildman–Crippen MR) is 108 cm³/mol. The number of aromatic nitrogens is 1. The van der Waals surface area contributed by atoms with Crippen molar-refractivity contribution >= 4 is 29.2 Å². The van der Waals surface area contributed by atoms with Gasteiger partial charge in [-0.25, -0.2) is 0 Å². The van der Waals surface area contributed by atoms with Crippen LogP contribution in [0.4, 0.5) is 5.82 Å². The Hall–Kier alpha value is -3.10. The standard InChI is InChI=1S/C20H21ClN4O4/c1-13-9-18(24-29-13)23-20(27)12-25(2)11-19(26)22-10-16-7-8-17(28-16)14-3-5-15(21)6-4-14/h3-9H,10-12H2,1-2H3,(H,22,26)(H,23,24,27). The van der Waals surface area contributed by atoms with E-state index in [9.17, 15) is 9.59 Å². The zero-order valence-corrected chi connectivity index (χ0v) is 16.8. The molecule has 0 aliphatic heterocycles. The largest absolute Gasteiger partial charge is 0.459 e. The van der Waals surface area contributed by atoms with E-state index in [1.54, 1.807) is 43.1 Å². The third-order valence-electron chi connectivity index (χ3n) is 3.97. The highest BCUT2D eigenvalue weighted by Crippen LogP contribution is 2.23. The average molecular weight is 417 g/mol. The van der Waals surface area contributed by atoms with Crippen LogP contribution in [-0.4, -0.2) is 42.0 Å². The van der Waals surface area contributed by atoms with Crippen molar-refractivity contribution in [1.29, 1.82) is 0 Å². The van der Waals surface area contributed by atoms with Gasteiger partial charge in [0.05, 0.1) is 19.6 Å². The molecule has 0 aliphatic carbocycles. The van der Waals surface area contributed by atoms with E-state index < -0.39 is 0 Å². The number of likely N-dealkylation sites (N-methyl/N-ethyl adjacent to an activating group) is 1. The van der Waals surface area contributed by atoms with E-state index in [1.807, 2.05) is 18.2 Å². The minimum atomic E-state index is -0.285. The second-order valence-corrected chi connectivity index (χ2v) is 7.03. The van der Waals surface area contributed by atoms with Gasteiger partial charge in [0.15, 0.2) is 5.82 Å². The van der Waals surface area contributed by atoms with Gasteiger partial charge in [0.2, 0.25) is 11.8 Å². The summed E-state index contributed by atoms with van der Waals surface area (Å²) in [6, 6.07) is 12.6. The molecule has 2 amide bonds. The van der Waals surface area contributed by atoms with Crippen molar-refractivity contribution in [3.8, 4) is 11.3 Å². The summed E-state index contributed by atoms with van der Waals surface area (Å²) in [5, 5.41) is 9.73. The summed E-state index contributed by atoms with van der Waals surface area (Å²) in [6.45, 7) is 2.10. The van der Waals surface area contributed by atoms with Crippen LogP contribution in [0.2, 0.25) is 5.02 Å². The van der Waals surface area contributed by atoms with Crippen LogP contribution < -0.4 is 10.6 Å². The Labute approximate surface area is 172 Å². The summed E-state index contributed by atoms with van der Waals surface area (Å²) >= 11 is 5.89. The third kappa shape index (κ3) is 6.20. The number of hydrogen-bond donors (Lipinski definition) is 2. The van der Waals surface area contributed by atoms with Crippen LogP contribution in [0.15, 0.2) is 51.4 Å². The van der Waals surface area contributed by atoms with Gasteiger partial charge in [0.1, 0.15) is 17.3 Å². The molecule has 0 fully saturated rings. The first-order chi connectivity index (χ1) is 13.9. The molecule has 8 nitrogen and oxygen atoms in total. The van der Waals surface area contributed by atoms with Gasteiger partial charge in [0, 0.05) is 16.7 Å². The molecular weight excluding hydrogens is 396 g/mol. The SMILES string of the molecule is Cc1cc(NC(=O)CN(C)CC(=O)NCc2ccc(-c3ccc(Cl)cc3)o2)no1. The Morgan fingerprint density at radius 3 is 2.52 bits per heavy atom. The average Bonchev–Trinajstić information content (AvgIpc) is 3.29. The summed E-state index contributed by atoms with van der Waals surface area (Å²) in [5.74, 6) is 1.77. The van der Waals surface area contributed by atoms with Gasteiger partial charge in [-0.3, -0.25) is 14.5 Å². The van der Waals surface area contributed by atoms with Crippen molar-refractivity contribution in [2.75, 3.05) is 25.5 Å². The molecule has 0 radical (unpaired) electrons. The molecule has 0 atom stereocenters. The van der Waals surface area contributed by atoms with Gasteiger partial charge in [-0.1, -0.05) is 16.8 Å². The number of carbonyl (C=O) groups excluding carboxylic acids is 2. The quantitative estimate of drug-likeness (QED) is 0.585. The molecule has 0 unspecified atom stereocenters. The lowest BCUT2D eigenvalue weighted by atomic mass is 10.2. The third-order valence-corrected chi connectivity index (χ3v) is 4.22. The van der Waals surface area contributed by atoms with Crippen LogP contribution >= 0.6 is 11.6 Å². The van der Waals surface area contributed by atoms with Crippen molar-refractivity contribution in [1.82, 2.24) is 15.4 Å². The summed E-state index contributed by atoms with van der Waals surface area (Å²) in [5.41, 5.74) is 0.903. The van der Waals surface area contributed by atoms with Crippen molar-refractivity contribution in [2.45, 2.75) is 13.5 Å². The maximum atomic E-state index is 12.1. The van der Waals surface area contributed by atoms with Gasteiger partial charge in [-0.05, 0) is 50.4 Å². The molecule has 3 aromatic rings. The highest BCUT2D eigenvalue weighted by Gasteiger charge is 2.13. The Kier molecular flexibility index (Phi) is 6.69. The Morgan fingerprint density at radius 2 is 1.83 bits per heavy atom. The summed E-state index contributed by atoms with van der Waals surface area (Å²) in [4.78, 5) is 25.7. The van der Waals surface area contributed by atoms with E-state index in [-0.39, 0.29) is 31.4 Å². The van der Waals surface area contributed by atoms with E-state index in [2.05, 4.69) is 15.8 Å². The van der Waals surface area contributed by atoms with Crippen LogP contribution in [0.25, 0.3) is 11.3 Å². The van der Waals surface area contributed by atoms with Gasteiger partial charge in [-0.15, -0.1) is 0 Å². The molecule has 2 N–H and O–H groups in total. The normalized spacial score (nSPS) is 10.9. The van der Waals surface area contributed by atoms with E-state index >= 15 is 0 Å². The number of aryl methyl sites for hydroxylation is 1. The highest BCUT2D eigenvalue weighted by atomic mass is 35.5. The molecular formula is C20H21ClN4O4.